The summed E-state index contributed by atoms with van der Waals surface area (Å²) in [7, 11) is 0. The molecule has 0 aromatic heterocycles. The number of carboxylic acid groups (broad SMARTS) is 2. The van der Waals surface area contributed by atoms with Crippen LogP contribution in [0.15, 0.2) is 0 Å². The van der Waals surface area contributed by atoms with Gasteiger partial charge in [0.2, 0.25) is 0 Å². The van der Waals surface area contributed by atoms with Crippen molar-refractivity contribution in [2.45, 2.75) is 219 Å². The number of aliphatic carboxylic acids is 2. The van der Waals surface area contributed by atoms with Gasteiger partial charge < -0.3 is 24.9 Å². The van der Waals surface area contributed by atoms with E-state index in [-0.39, 0.29) is 23.8 Å². The van der Waals surface area contributed by atoms with Gasteiger partial charge in [-0.25, -0.2) is 0 Å². The van der Waals surface area contributed by atoms with Gasteiger partial charge in [-0.1, -0.05) is 194 Å². The van der Waals surface area contributed by atoms with Crippen molar-refractivity contribution >= 4 is 29.3 Å². The van der Waals surface area contributed by atoms with Crippen LogP contribution >= 0.6 is 0 Å². The SMILES string of the molecule is CCCCCCCCCCCCCCCCC(O)C(=O)[O-].CCCCCCCCCCCCCCCCCC(=O)[O-].[Al+3]. The van der Waals surface area contributed by atoms with E-state index < -0.39 is 18.0 Å². The van der Waals surface area contributed by atoms with Crippen LogP contribution in [0.5, 0.6) is 0 Å². The van der Waals surface area contributed by atoms with Gasteiger partial charge >= 0.3 is 17.4 Å². The van der Waals surface area contributed by atoms with Crippen LogP contribution in [0.25, 0.3) is 0 Å². The Kier molecular flexibility index (Phi) is 44.1. The van der Waals surface area contributed by atoms with Crippen molar-refractivity contribution in [3.8, 4) is 0 Å². The van der Waals surface area contributed by atoms with E-state index in [0.717, 1.165) is 32.1 Å². The van der Waals surface area contributed by atoms with Crippen molar-refractivity contribution in [3.05, 3.63) is 0 Å². The van der Waals surface area contributed by atoms with Crippen LogP contribution < -0.4 is 10.2 Å². The van der Waals surface area contributed by atoms with Crippen molar-refractivity contribution in [1.82, 2.24) is 0 Å². The Morgan fingerprint density at radius 3 is 0.929 bits per heavy atom. The maximum atomic E-state index is 10.3. The molecule has 0 rings (SSSR count). The van der Waals surface area contributed by atoms with E-state index >= 15 is 0 Å². The average molecular weight is 610 g/mol. The quantitative estimate of drug-likeness (QED) is 0.0608. The number of aliphatic hydroxyl groups excluding tert-OH is 1. The van der Waals surface area contributed by atoms with Crippen molar-refractivity contribution in [2.75, 3.05) is 0 Å². The van der Waals surface area contributed by atoms with E-state index in [9.17, 15) is 19.8 Å². The molecule has 0 fully saturated rings. The molecule has 0 bridgehead atoms. The molecule has 0 aromatic carbocycles. The molecule has 0 radical (unpaired) electrons. The zero-order chi connectivity index (χ0) is 30.7. The monoisotopic (exact) mass is 610 g/mol. The molecule has 0 amide bonds. The first-order chi connectivity index (χ1) is 20.0. The first-order valence-corrected chi connectivity index (χ1v) is 18.0. The van der Waals surface area contributed by atoms with Crippen molar-refractivity contribution in [1.29, 1.82) is 0 Å². The van der Waals surface area contributed by atoms with E-state index in [1.165, 1.54) is 154 Å². The van der Waals surface area contributed by atoms with Gasteiger partial charge in [0.05, 0.1) is 12.1 Å². The average Bonchev–Trinajstić information content (AvgIpc) is 2.95. The maximum Gasteiger partial charge on any atom is 3.00 e. The molecule has 0 aliphatic rings. The van der Waals surface area contributed by atoms with Gasteiger partial charge in [-0.3, -0.25) is 0 Å². The molecule has 42 heavy (non-hydrogen) atoms. The van der Waals surface area contributed by atoms with Crippen LogP contribution in [0.3, 0.4) is 0 Å². The van der Waals surface area contributed by atoms with E-state index in [1.807, 2.05) is 0 Å². The number of unbranched alkanes of at least 4 members (excludes halogenated alkanes) is 27. The summed E-state index contributed by atoms with van der Waals surface area (Å²) in [5.41, 5.74) is 0. The third-order valence-corrected chi connectivity index (χ3v) is 8.09. The predicted molar refractivity (Wildman–Crippen MR) is 176 cm³/mol. The fourth-order valence-electron chi connectivity index (χ4n) is 5.29. The van der Waals surface area contributed by atoms with Gasteiger partial charge in [0.15, 0.2) is 0 Å². The second-order valence-electron chi connectivity index (χ2n) is 12.3. The Morgan fingerprint density at radius 1 is 0.452 bits per heavy atom. The second-order valence-corrected chi connectivity index (χ2v) is 12.3. The Balaban J connectivity index is -0.000000708. The Labute approximate surface area is 272 Å². The van der Waals surface area contributed by atoms with E-state index in [1.54, 1.807) is 0 Å². The summed E-state index contributed by atoms with van der Waals surface area (Å²) < 4.78 is 0. The third kappa shape index (κ3) is 43.9. The molecule has 246 valence electrons. The van der Waals surface area contributed by atoms with Crippen LogP contribution in [0.1, 0.15) is 213 Å². The number of carbonyl (C=O) groups is 2. The standard InChI is InChI=1S/C18H36O3.C18H36O2.Al/c1-2-3-4-5-6-7-8-9-10-11-12-13-14-15-16-17(19)18(20)21;1-2-3-4-5-6-7-8-9-10-11-12-13-14-15-16-17-18(19)20;/h17,19H,2-16H2,1H3,(H,20,21);2-17H2,1H3,(H,19,20);/q;;+3/p-2. The Bertz CT molecular complexity index is 529. The molecular formula is C36H70AlO5+. The van der Waals surface area contributed by atoms with Crippen LogP contribution in [0, 0.1) is 0 Å². The van der Waals surface area contributed by atoms with Gasteiger partial charge in [-0.15, -0.1) is 0 Å². The number of rotatable bonds is 32. The minimum absolute atomic E-state index is 0. The molecule has 1 N–H and O–H groups in total. The van der Waals surface area contributed by atoms with Crippen molar-refractivity contribution < 1.29 is 24.9 Å². The maximum absolute atomic E-state index is 10.3. The summed E-state index contributed by atoms with van der Waals surface area (Å²) in [6.07, 6.45) is 36.8. The molecule has 0 saturated heterocycles. The summed E-state index contributed by atoms with van der Waals surface area (Å²) in [5.74, 6) is -2.25. The topological polar surface area (TPSA) is 100 Å². The van der Waals surface area contributed by atoms with Gasteiger partial charge in [0.25, 0.3) is 0 Å². The number of carboxylic acids is 2. The molecular weight excluding hydrogens is 539 g/mol. The fraction of sp³-hybridized carbons (Fsp3) is 0.944. The molecule has 0 saturated carbocycles. The molecule has 0 aliphatic carbocycles. The first-order valence-electron chi connectivity index (χ1n) is 18.0. The second kappa shape index (κ2) is 40.4. The molecule has 0 aromatic rings. The zero-order valence-corrected chi connectivity index (χ0v) is 29.3. The Hall–Kier alpha value is -0.568. The summed E-state index contributed by atoms with van der Waals surface area (Å²) in [4.78, 5) is 20.5. The molecule has 1 unspecified atom stereocenters. The summed E-state index contributed by atoms with van der Waals surface area (Å²) in [5, 5.41) is 29.6. The van der Waals surface area contributed by atoms with Crippen molar-refractivity contribution in [2.24, 2.45) is 0 Å². The summed E-state index contributed by atoms with van der Waals surface area (Å²) >= 11 is 0. The van der Waals surface area contributed by atoms with Gasteiger partial charge in [-0.2, -0.15) is 0 Å². The molecule has 0 aliphatic heterocycles. The van der Waals surface area contributed by atoms with Crippen molar-refractivity contribution in [3.63, 3.8) is 0 Å². The molecule has 0 spiro atoms. The molecule has 0 heterocycles. The summed E-state index contributed by atoms with van der Waals surface area (Å²) in [6, 6.07) is 0. The normalized spacial score (nSPS) is 11.4. The van der Waals surface area contributed by atoms with Gasteiger partial charge in [-0.05, 0) is 19.3 Å². The van der Waals surface area contributed by atoms with E-state index in [0.29, 0.717) is 6.42 Å². The minimum atomic E-state index is -1.34. The summed E-state index contributed by atoms with van der Waals surface area (Å²) in [6.45, 7) is 4.52. The van der Waals surface area contributed by atoms with Crippen LogP contribution in [0.4, 0.5) is 0 Å². The smallest absolute Gasteiger partial charge is 0.550 e. The predicted octanol–water partition coefficient (Wildman–Crippen LogP) is 8.59. The van der Waals surface area contributed by atoms with E-state index in [2.05, 4.69) is 13.8 Å². The largest absolute Gasteiger partial charge is 3.00 e. The van der Waals surface area contributed by atoms with Crippen LogP contribution in [-0.2, 0) is 9.59 Å². The zero-order valence-electron chi connectivity index (χ0n) is 28.2. The number of carbonyl (C=O) groups excluding carboxylic acids is 2. The van der Waals surface area contributed by atoms with Crippen LogP contribution in [-0.4, -0.2) is 40.5 Å². The first kappa shape index (κ1) is 45.9. The Morgan fingerprint density at radius 2 is 0.690 bits per heavy atom. The number of hydrogen-bond acceptors (Lipinski definition) is 5. The molecule has 1 atom stereocenters. The van der Waals surface area contributed by atoms with Gasteiger partial charge in [0.1, 0.15) is 0 Å². The third-order valence-electron chi connectivity index (χ3n) is 8.09. The van der Waals surface area contributed by atoms with Gasteiger partial charge in [0, 0.05) is 5.97 Å². The minimum Gasteiger partial charge on any atom is -0.550 e. The number of hydrogen-bond donors (Lipinski definition) is 1. The number of aliphatic hydroxyl groups is 1. The van der Waals surface area contributed by atoms with Crippen LogP contribution in [0.2, 0.25) is 0 Å². The fourth-order valence-corrected chi connectivity index (χ4v) is 5.29. The van der Waals surface area contributed by atoms with E-state index in [4.69, 9.17) is 5.11 Å². The molecule has 6 heteroatoms. The molecule has 5 nitrogen and oxygen atoms in total.